The topological polar surface area (TPSA) is 84.9 Å². The highest BCUT2D eigenvalue weighted by Crippen LogP contribution is 2.41. The van der Waals surface area contributed by atoms with Crippen molar-refractivity contribution >= 4 is 41.3 Å². The van der Waals surface area contributed by atoms with Crippen molar-refractivity contribution in [3.8, 4) is 0 Å². The molecule has 0 aromatic heterocycles. The largest absolute Gasteiger partial charge is 0.464 e. The minimum atomic E-state index is -0.746. The predicted octanol–water partition coefficient (Wildman–Crippen LogP) is 1.42. The quantitative estimate of drug-likeness (QED) is 0.600. The fourth-order valence-corrected chi connectivity index (χ4v) is 3.65. The number of alkyl carbamates (subject to hydrolysis) is 1. The first-order valence-corrected chi connectivity index (χ1v) is 7.99. The number of nitrogens with zero attached hydrogens (tertiary/aromatic N) is 1. The molecular formula is C13H17ClN2O5S. The fourth-order valence-electron chi connectivity index (χ4n) is 2.10. The number of halogens is 1. The SMILES string of the molecule is COC(=O)C1=C(Cl)CS[C@@H]2[C@H](NC(=O)OC(C)(C)C)C(=O)N12. The van der Waals surface area contributed by atoms with Crippen LogP contribution in [0, 0.1) is 0 Å². The van der Waals surface area contributed by atoms with Gasteiger partial charge in [0.2, 0.25) is 0 Å². The molecule has 2 heterocycles. The van der Waals surface area contributed by atoms with Gasteiger partial charge in [0.1, 0.15) is 22.7 Å². The molecule has 9 heteroatoms. The fraction of sp³-hybridized carbons (Fsp3) is 0.615. The van der Waals surface area contributed by atoms with E-state index in [1.165, 1.54) is 23.8 Å². The van der Waals surface area contributed by atoms with Crippen LogP contribution in [0.5, 0.6) is 0 Å². The number of esters is 1. The highest BCUT2D eigenvalue weighted by Gasteiger charge is 2.54. The molecule has 0 unspecified atom stereocenters. The summed E-state index contributed by atoms with van der Waals surface area (Å²) in [6.45, 7) is 5.19. The Bertz CT molecular complexity index is 557. The third kappa shape index (κ3) is 3.17. The summed E-state index contributed by atoms with van der Waals surface area (Å²) in [6.07, 6.45) is -0.675. The molecule has 0 spiro atoms. The Labute approximate surface area is 137 Å². The average molecular weight is 349 g/mol. The number of β-lactam (4-membered cyclic amide) rings is 1. The highest BCUT2D eigenvalue weighted by molar-refractivity contribution is 8.00. The minimum Gasteiger partial charge on any atom is -0.464 e. The van der Waals surface area contributed by atoms with E-state index in [0.717, 1.165) is 0 Å². The van der Waals surface area contributed by atoms with Gasteiger partial charge in [-0.2, -0.15) is 0 Å². The second-order valence-corrected chi connectivity index (χ2v) is 7.34. The molecule has 1 saturated heterocycles. The Kier molecular flexibility index (Phi) is 4.62. The number of carbonyl (C=O) groups is 3. The van der Waals surface area contributed by atoms with Gasteiger partial charge in [0, 0.05) is 5.75 Å². The monoisotopic (exact) mass is 348 g/mol. The third-order valence-corrected chi connectivity index (χ3v) is 4.72. The van der Waals surface area contributed by atoms with E-state index in [9.17, 15) is 14.4 Å². The zero-order valence-electron chi connectivity index (χ0n) is 12.6. The van der Waals surface area contributed by atoms with Gasteiger partial charge in [0.05, 0.1) is 12.1 Å². The Morgan fingerprint density at radius 1 is 1.41 bits per heavy atom. The minimum absolute atomic E-state index is 0.0418. The molecule has 0 aromatic carbocycles. The van der Waals surface area contributed by atoms with Gasteiger partial charge in [-0.1, -0.05) is 11.6 Å². The second kappa shape index (κ2) is 6.00. The molecule has 22 heavy (non-hydrogen) atoms. The lowest BCUT2D eigenvalue weighted by molar-refractivity contribution is -0.150. The number of ether oxygens (including phenoxy) is 2. The van der Waals surface area contributed by atoms with Crippen molar-refractivity contribution in [1.82, 2.24) is 10.2 Å². The van der Waals surface area contributed by atoms with Crippen LogP contribution in [-0.2, 0) is 19.1 Å². The van der Waals surface area contributed by atoms with Crippen LogP contribution in [0.3, 0.4) is 0 Å². The molecule has 0 radical (unpaired) electrons. The number of hydrogen-bond acceptors (Lipinski definition) is 6. The summed E-state index contributed by atoms with van der Waals surface area (Å²) in [7, 11) is 1.22. The number of hydrogen-bond donors (Lipinski definition) is 1. The van der Waals surface area contributed by atoms with E-state index in [1.54, 1.807) is 20.8 Å². The Hall–Kier alpha value is -1.41. The molecule has 7 nitrogen and oxygen atoms in total. The second-order valence-electron chi connectivity index (χ2n) is 5.78. The molecule has 122 valence electrons. The lowest BCUT2D eigenvalue weighted by Gasteiger charge is -2.48. The van der Waals surface area contributed by atoms with Crippen LogP contribution in [0.1, 0.15) is 20.8 Å². The van der Waals surface area contributed by atoms with E-state index < -0.39 is 35.0 Å². The van der Waals surface area contributed by atoms with Crippen molar-refractivity contribution in [2.24, 2.45) is 0 Å². The molecule has 0 aliphatic carbocycles. The number of carbonyl (C=O) groups excluding carboxylic acids is 3. The molecule has 2 aliphatic rings. The molecule has 2 aliphatic heterocycles. The van der Waals surface area contributed by atoms with Crippen LogP contribution in [0.15, 0.2) is 10.7 Å². The smallest absolute Gasteiger partial charge is 0.408 e. The van der Waals surface area contributed by atoms with Gasteiger partial charge in [-0.3, -0.25) is 9.69 Å². The molecule has 2 rings (SSSR count). The van der Waals surface area contributed by atoms with Crippen molar-refractivity contribution in [2.45, 2.75) is 37.8 Å². The van der Waals surface area contributed by atoms with Gasteiger partial charge in [-0.05, 0) is 20.8 Å². The number of nitrogens with one attached hydrogen (secondary N) is 1. The van der Waals surface area contributed by atoms with Crippen molar-refractivity contribution in [3.63, 3.8) is 0 Å². The maximum absolute atomic E-state index is 12.2. The van der Waals surface area contributed by atoms with Gasteiger partial charge in [0.25, 0.3) is 5.91 Å². The normalized spacial score (nSPS) is 24.4. The number of amides is 2. The van der Waals surface area contributed by atoms with E-state index in [1.807, 2.05) is 0 Å². The van der Waals surface area contributed by atoms with Gasteiger partial charge in [-0.25, -0.2) is 9.59 Å². The lowest BCUT2D eigenvalue weighted by atomic mass is 10.1. The van der Waals surface area contributed by atoms with Gasteiger partial charge < -0.3 is 14.8 Å². The number of rotatable bonds is 2. The maximum atomic E-state index is 12.2. The van der Waals surface area contributed by atoms with Crippen molar-refractivity contribution in [2.75, 3.05) is 12.9 Å². The summed E-state index contributed by atoms with van der Waals surface area (Å²) in [6, 6.07) is -0.746. The summed E-state index contributed by atoms with van der Waals surface area (Å²) >= 11 is 7.37. The molecule has 0 aromatic rings. The first kappa shape index (κ1) is 17.0. The van der Waals surface area contributed by atoms with Crippen LogP contribution < -0.4 is 5.32 Å². The van der Waals surface area contributed by atoms with Crippen LogP contribution in [0.2, 0.25) is 0 Å². The summed E-state index contributed by atoms with van der Waals surface area (Å²) in [5.41, 5.74) is -0.614. The number of methoxy groups -OCH3 is 1. The number of fused-ring (bicyclic) bond motifs is 1. The summed E-state index contributed by atoms with van der Waals surface area (Å²) < 4.78 is 9.78. The van der Waals surface area contributed by atoms with Crippen LogP contribution in [0.4, 0.5) is 4.79 Å². The zero-order chi connectivity index (χ0) is 16.7. The van der Waals surface area contributed by atoms with Gasteiger partial charge >= 0.3 is 12.1 Å². The molecular weight excluding hydrogens is 332 g/mol. The summed E-state index contributed by atoms with van der Waals surface area (Å²) in [4.78, 5) is 37.0. The van der Waals surface area contributed by atoms with Crippen molar-refractivity contribution in [3.05, 3.63) is 10.7 Å². The average Bonchev–Trinajstić information content (AvgIpc) is 2.41. The zero-order valence-corrected chi connectivity index (χ0v) is 14.2. The Balaban J connectivity index is 2.09. The van der Waals surface area contributed by atoms with E-state index in [-0.39, 0.29) is 10.7 Å². The molecule has 0 saturated carbocycles. The van der Waals surface area contributed by atoms with E-state index in [4.69, 9.17) is 16.3 Å². The first-order valence-electron chi connectivity index (χ1n) is 6.57. The van der Waals surface area contributed by atoms with E-state index in [2.05, 4.69) is 10.1 Å². The predicted molar refractivity (Wildman–Crippen MR) is 81.1 cm³/mol. The summed E-state index contributed by atoms with van der Waals surface area (Å²) in [5.74, 6) is -0.714. The molecule has 1 N–H and O–H groups in total. The lowest BCUT2D eigenvalue weighted by Crippen LogP contribution is -2.70. The van der Waals surface area contributed by atoms with Crippen LogP contribution in [-0.4, -0.2) is 52.7 Å². The highest BCUT2D eigenvalue weighted by atomic mass is 35.5. The van der Waals surface area contributed by atoms with E-state index >= 15 is 0 Å². The standard InChI is InChI=1S/C13H17ClN2O5S/c1-13(2,3)21-12(19)15-7-9(17)16-8(11(18)20-4)6(14)5-22-10(7)16/h7,10H,5H2,1-4H3,(H,15,19)/t7-,10-/m1/s1. The van der Waals surface area contributed by atoms with E-state index in [0.29, 0.717) is 5.75 Å². The third-order valence-electron chi connectivity index (χ3n) is 2.97. The van der Waals surface area contributed by atoms with Crippen LogP contribution in [0.25, 0.3) is 0 Å². The van der Waals surface area contributed by atoms with Gasteiger partial charge in [0.15, 0.2) is 0 Å². The first-order chi connectivity index (χ1) is 10.2. The molecule has 2 atom stereocenters. The molecule has 2 amide bonds. The maximum Gasteiger partial charge on any atom is 0.408 e. The van der Waals surface area contributed by atoms with Crippen molar-refractivity contribution < 1.29 is 23.9 Å². The number of thioether (sulfide) groups is 1. The van der Waals surface area contributed by atoms with Crippen LogP contribution >= 0.6 is 23.4 Å². The molecule has 1 fully saturated rings. The Morgan fingerprint density at radius 2 is 2.05 bits per heavy atom. The Morgan fingerprint density at radius 3 is 2.59 bits per heavy atom. The summed E-state index contributed by atoms with van der Waals surface area (Å²) in [5, 5.41) is 2.39. The van der Waals surface area contributed by atoms with Crippen molar-refractivity contribution in [1.29, 1.82) is 0 Å². The molecule has 0 bridgehead atoms. The van der Waals surface area contributed by atoms with Gasteiger partial charge in [-0.15, -0.1) is 11.8 Å².